The van der Waals surface area contributed by atoms with E-state index in [1.165, 1.54) is 0 Å². The molecule has 3 N–H and O–H groups in total. The molecule has 0 unspecified atom stereocenters. The Morgan fingerprint density at radius 1 is 0.800 bits per heavy atom. The van der Waals surface area contributed by atoms with Gasteiger partial charge in [-0.3, -0.25) is 13.7 Å². The zero-order valence-electron chi connectivity index (χ0n) is 10.6. The Kier molecular flexibility index (Phi) is 6.29. The summed E-state index contributed by atoms with van der Waals surface area (Å²) in [7, 11) is -15.0. The van der Waals surface area contributed by atoms with Gasteiger partial charge in [0.2, 0.25) is 0 Å². The average molecular weight is 374 g/mol. The van der Waals surface area contributed by atoms with Gasteiger partial charge in [-0.1, -0.05) is 0 Å². The summed E-state index contributed by atoms with van der Waals surface area (Å²) < 4.78 is 92.0. The maximum atomic E-state index is 11.0. The van der Waals surface area contributed by atoms with Gasteiger partial charge in [0, 0.05) is 4.90 Å². The molecule has 0 saturated heterocycles. The van der Waals surface area contributed by atoms with Crippen LogP contribution in [-0.2, 0) is 30.4 Å². The van der Waals surface area contributed by atoms with Crippen LogP contribution in [0.5, 0.6) is 0 Å². The molecule has 0 saturated carbocycles. The van der Waals surface area contributed by atoms with E-state index in [-0.39, 0.29) is 31.0 Å². The van der Waals surface area contributed by atoms with Gasteiger partial charge in [-0.2, -0.15) is 25.3 Å². The monoisotopic (exact) mass is 374 g/mol. The smallest absolute Gasteiger partial charge is 1.00 e. The molecule has 14 heteroatoms. The van der Waals surface area contributed by atoms with Gasteiger partial charge in [0.1, 0.15) is 9.79 Å². The Morgan fingerprint density at radius 3 is 1.30 bits per heavy atom. The third-order valence-electron chi connectivity index (χ3n) is 1.87. The summed E-state index contributed by atoms with van der Waals surface area (Å²) in [6, 6.07) is 0.587. The molecular weight excluding hydrogens is 367 g/mol. The van der Waals surface area contributed by atoms with Crippen molar-refractivity contribution >= 4 is 43.0 Å². The molecular formula is C6H7NaO9S4. The van der Waals surface area contributed by atoms with Crippen LogP contribution < -0.4 is 29.6 Å². The second kappa shape index (κ2) is 6.20. The molecule has 0 heterocycles. The van der Waals surface area contributed by atoms with Gasteiger partial charge in [-0.15, -0.1) is 12.6 Å². The number of rotatable bonds is 3. The molecule has 0 aliphatic heterocycles. The van der Waals surface area contributed by atoms with Crippen molar-refractivity contribution < 1.29 is 69.9 Å². The third-order valence-corrected chi connectivity index (χ3v) is 5.24. The van der Waals surface area contributed by atoms with Gasteiger partial charge in [-0.05, 0) is 12.1 Å². The average Bonchev–Trinajstić information content (AvgIpc) is 2.11. The molecule has 9 nitrogen and oxygen atoms in total. The summed E-state index contributed by atoms with van der Waals surface area (Å²) in [6.07, 6.45) is 0. The van der Waals surface area contributed by atoms with E-state index in [0.29, 0.717) is 12.1 Å². The van der Waals surface area contributed by atoms with Gasteiger partial charge in [-0.25, -0.2) is 0 Å². The predicted molar refractivity (Wildman–Crippen MR) is 64.2 cm³/mol. The largest absolute Gasteiger partial charge is 1.00 e. The van der Waals surface area contributed by atoms with E-state index in [0.717, 1.165) is 0 Å². The minimum Gasteiger partial charge on any atom is -1.00 e. The van der Waals surface area contributed by atoms with Crippen LogP contribution in [0.1, 0.15) is 1.43 Å². The fourth-order valence-electron chi connectivity index (χ4n) is 1.10. The molecule has 0 radical (unpaired) electrons. The van der Waals surface area contributed by atoms with Crippen molar-refractivity contribution in [3.8, 4) is 0 Å². The summed E-state index contributed by atoms with van der Waals surface area (Å²) in [5.41, 5.74) is 0. The molecule has 1 aromatic carbocycles. The zero-order chi connectivity index (χ0) is 15.2. The first-order valence-corrected chi connectivity index (χ1v) is 8.81. The van der Waals surface area contributed by atoms with Crippen LogP contribution in [0.2, 0.25) is 0 Å². The van der Waals surface area contributed by atoms with Crippen LogP contribution in [0.3, 0.4) is 0 Å². The van der Waals surface area contributed by atoms with Crippen molar-refractivity contribution in [3.63, 3.8) is 0 Å². The van der Waals surface area contributed by atoms with Crippen LogP contribution >= 0.6 is 12.6 Å². The summed E-state index contributed by atoms with van der Waals surface area (Å²) >= 11 is 3.49. The standard InChI is InChI=1S/C6H6O9S4.Na.H/c7-17(8,9)3-1-4(18(10,11)12)6(16)5(2-3)19(13,14)15;;/h1-2,16H,(H,7,8,9)(H,10,11,12)(H,13,14,15);;/q;+1;-1. The molecule has 0 atom stereocenters. The van der Waals surface area contributed by atoms with Crippen molar-refractivity contribution in [2.24, 2.45) is 0 Å². The molecule has 0 amide bonds. The predicted octanol–water partition coefficient (Wildman–Crippen LogP) is -3.17. The van der Waals surface area contributed by atoms with Crippen molar-refractivity contribution in [1.82, 2.24) is 0 Å². The Hall–Kier alpha value is 0.300. The number of thiol groups is 1. The Balaban J connectivity index is 0. The second-order valence-electron chi connectivity index (χ2n) is 3.19. The molecule has 0 aliphatic carbocycles. The van der Waals surface area contributed by atoms with Crippen LogP contribution in [0.25, 0.3) is 0 Å². The first kappa shape index (κ1) is 20.3. The van der Waals surface area contributed by atoms with E-state index in [1.54, 1.807) is 0 Å². The fraction of sp³-hybridized carbons (Fsp3) is 0. The Labute approximate surface area is 143 Å². The third kappa shape index (κ3) is 4.66. The van der Waals surface area contributed by atoms with Crippen molar-refractivity contribution in [2.45, 2.75) is 19.6 Å². The molecule has 20 heavy (non-hydrogen) atoms. The van der Waals surface area contributed by atoms with E-state index in [2.05, 4.69) is 12.6 Å². The quantitative estimate of drug-likeness (QED) is 0.243. The Morgan fingerprint density at radius 2 is 1.10 bits per heavy atom. The number of hydrogen-bond acceptors (Lipinski definition) is 7. The molecule has 110 valence electrons. The number of benzene rings is 1. The van der Waals surface area contributed by atoms with Crippen LogP contribution in [0.4, 0.5) is 0 Å². The van der Waals surface area contributed by atoms with Crippen LogP contribution in [-0.4, -0.2) is 38.9 Å². The molecule has 1 rings (SSSR count). The zero-order valence-corrected chi connectivity index (χ0v) is 15.0. The Bertz CT molecular complexity index is 789. The van der Waals surface area contributed by atoms with E-state index in [1.807, 2.05) is 0 Å². The SMILES string of the molecule is O=S(=O)(O)c1cc(S(=O)(=O)O)c(S)c(S(=O)(=O)O)c1.[H-].[Na+]. The van der Waals surface area contributed by atoms with Gasteiger partial charge in [0.05, 0.1) is 4.90 Å². The minimum absolute atomic E-state index is 0. The van der Waals surface area contributed by atoms with E-state index < -0.39 is 49.9 Å². The molecule has 0 fully saturated rings. The number of hydrogen-bond donors (Lipinski definition) is 4. The van der Waals surface area contributed by atoms with Gasteiger partial charge >= 0.3 is 29.6 Å². The summed E-state index contributed by atoms with van der Waals surface area (Å²) in [5, 5.41) is 0. The van der Waals surface area contributed by atoms with Crippen LogP contribution in [0, 0.1) is 0 Å². The molecule has 0 spiro atoms. The van der Waals surface area contributed by atoms with E-state index in [9.17, 15) is 25.3 Å². The minimum atomic E-state index is -5.03. The maximum Gasteiger partial charge on any atom is 1.00 e. The van der Waals surface area contributed by atoms with Crippen molar-refractivity contribution in [2.75, 3.05) is 0 Å². The molecule has 0 aromatic heterocycles. The van der Waals surface area contributed by atoms with Crippen LogP contribution in [0.15, 0.2) is 31.7 Å². The van der Waals surface area contributed by atoms with Crippen molar-refractivity contribution in [3.05, 3.63) is 12.1 Å². The van der Waals surface area contributed by atoms with Gasteiger partial charge in [0.25, 0.3) is 30.4 Å². The second-order valence-corrected chi connectivity index (χ2v) is 7.84. The van der Waals surface area contributed by atoms with Gasteiger partial charge < -0.3 is 1.43 Å². The molecule has 1 aromatic rings. The van der Waals surface area contributed by atoms with E-state index in [4.69, 9.17) is 13.7 Å². The fourth-order valence-corrected chi connectivity index (χ4v) is 3.93. The molecule has 0 aliphatic rings. The van der Waals surface area contributed by atoms with Crippen molar-refractivity contribution in [1.29, 1.82) is 0 Å². The van der Waals surface area contributed by atoms with Gasteiger partial charge in [0.15, 0.2) is 0 Å². The topological polar surface area (TPSA) is 163 Å². The summed E-state index contributed by atoms with van der Waals surface area (Å²) in [4.78, 5) is -4.43. The maximum absolute atomic E-state index is 11.0. The van der Waals surface area contributed by atoms with E-state index >= 15 is 0 Å². The first-order chi connectivity index (χ1) is 8.24. The normalized spacial score (nSPS) is 12.8. The molecule has 0 bridgehead atoms. The first-order valence-electron chi connectivity index (χ1n) is 4.04. The summed E-state index contributed by atoms with van der Waals surface area (Å²) in [5.74, 6) is 0. The summed E-state index contributed by atoms with van der Waals surface area (Å²) in [6.45, 7) is 0.